The Balaban J connectivity index is 1.75. The molecular weight excluding hydrogens is 386 g/mol. The van der Waals surface area contributed by atoms with Gasteiger partial charge in [0.1, 0.15) is 11.0 Å². The highest BCUT2D eigenvalue weighted by Gasteiger charge is 2.34. The molecule has 1 unspecified atom stereocenters. The van der Waals surface area contributed by atoms with Gasteiger partial charge in [0.2, 0.25) is 11.8 Å². The standard InChI is InChI=1S/C19H18ClN3O3S/c1-23-17(24)11-16(18(25)21-13-5-3-12(20)4-6-13)27-19(23)22-14-7-9-15(26-2)10-8-14/h3-10,16H,11H2,1-2H3,(H,21,25). The highest BCUT2D eigenvalue weighted by atomic mass is 35.5. The summed E-state index contributed by atoms with van der Waals surface area (Å²) in [5, 5.41) is 3.33. The largest absolute Gasteiger partial charge is 0.497 e. The van der Waals surface area contributed by atoms with E-state index in [0.717, 1.165) is 5.75 Å². The number of benzene rings is 2. The van der Waals surface area contributed by atoms with E-state index in [1.54, 1.807) is 62.7 Å². The molecule has 1 heterocycles. The number of hydrogen-bond donors (Lipinski definition) is 1. The van der Waals surface area contributed by atoms with E-state index in [4.69, 9.17) is 16.3 Å². The second-order valence-electron chi connectivity index (χ2n) is 5.85. The summed E-state index contributed by atoms with van der Waals surface area (Å²) in [7, 11) is 3.25. The second kappa shape index (κ2) is 8.45. The van der Waals surface area contributed by atoms with Crippen LogP contribution in [0.4, 0.5) is 11.4 Å². The molecule has 3 rings (SSSR count). The highest BCUT2D eigenvalue weighted by molar-refractivity contribution is 8.15. The molecule has 0 radical (unpaired) electrons. The van der Waals surface area contributed by atoms with E-state index in [1.807, 2.05) is 0 Å². The van der Waals surface area contributed by atoms with Crippen LogP contribution in [0.1, 0.15) is 6.42 Å². The molecule has 27 heavy (non-hydrogen) atoms. The van der Waals surface area contributed by atoms with Crippen LogP contribution >= 0.6 is 23.4 Å². The zero-order valence-electron chi connectivity index (χ0n) is 14.8. The molecule has 1 saturated heterocycles. The van der Waals surface area contributed by atoms with Crippen molar-refractivity contribution in [3.63, 3.8) is 0 Å². The van der Waals surface area contributed by atoms with Crippen molar-refractivity contribution in [2.75, 3.05) is 19.5 Å². The molecule has 1 aliphatic heterocycles. The number of halogens is 1. The van der Waals surface area contributed by atoms with Gasteiger partial charge in [0.25, 0.3) is 0 Å². The van der Waals surface area contributed by atoms with Crippen LogP contribution in [0, 0.1) is 0 Å². The lowest BCUT2D eigenvalue weighted by atomic mass is 10.2. The number of amidine groups is 1. The summed E-state index contributed by atoms with van der Waals surface area (Å²) in [6.07, 6.45) is 0.113. The number of hydrogen-bond acceptors (Lipinski definition) is 5. The Morgan fingerprint density at radius 2 is 1.89 bits per heavy atom. The van der Waals surface area contributed by atoms with Gasteiger partial charge in [0.15, 0.2) is 5.17 Å². The van der Waals surface area contributed by atoms with Gasteiger partial charge in [0.05, 0.1) is 12.8 Å². The lowest BCUT2D eigenvalue weighted by molar-refractivity contribution is -0.128. The number of aliphatic imine (C=N–C) groups is 1. The number of rotatable bonds is 4. The quantitative estimate of drug-likeness (QED) is 0.839. The molecular formula is C19H18ClN3O3S. The van der Waals surface area contributed by atoms with E-state index in [9.17, 15) is 9.59 Å². The van der Waals surface area contributed by atoms with E-state index in [0.29, 0.717) is 21.6 Å². The number of thioether (sulfide) groups is 1. The number of carbonyl (C=O) groups is 2. The van der Waals surface area contributed by atoms with E-state index >= 15 is 0 Å². The summed E-state index contributed by atoms with van der Waals surface area (Å²) in [5.74, 6) is 0.323. The van der Waals surface area contributed by atoms with Crippen molar-refractivity contribution in [3.05, 3.63) is 53.6 Å². The number of nitrogens with zero attached hydrogens (tertiary/aromatic N) is 2. The highest BCUT2D eigenvalue weighted by Crippen LogP contribution is 2.29. The van der Waals surface area contributed by atoms with Crippen LogP contribution in [-0.4, -0.2) is 41.3 Å². The minimum absolute atomic E-state index is 0.113. The van der Waals surface area contributed by atoms with Gasteiger partial charge in [-0.3, -0.25) is 14.5 Å². The van der Waals surface area contributed by atoms with Crippen LogP contribution in [0.3, 0.4) is 0 Å². The van der Waals surface area contributed by atoms with Crippen molar-refractivity contribution in [3.8, 4) is 5.75 Å². The van der Waals surface area contributed by atoms with Crippen molar-refractivity contribution in [1.82, 2.24) is 4.90 Å². The van der Waals surface area contributed by atoms with Crippen LogP contribution in [0.25, 0.3) is 0 Å². The number of carbonyl (C=O) groups excluding carboxylic acids is 2. The minimum atomic E-state index is -0.554. The van der Waals surface area contributed by atoms with E-state index in [-0.39, 0.29) is 18.2 Å². The third-order valence-electron chi connectivity index (χ3n) is 3.97. The first-order chi connectivity index (χ1) is 13.0. The number of ether oxygens (including phenoxy) is 1. The van der Waals surface area contributed by atoms with Gasteiger partial charge in [-0.15, -0.1) is 0 Å². The number of anilines is 1. The fourth-order valence-corrected chi connectivity index (χ4v) is 3.61. The molecule has 0 saturated carbocycles. The Bertz CT molecular complexity index is 869. The van der Waals surface area contributed by atoms with Gasteiger partial charge in [-0.05, 0) is 48.5 Å². The van der Waals surface area contributed by atoms with E-state index < -0.39 is 5.25 Å². The van der Waals surface area contributed by atoms with Crippen molar-refractivity contribution in [2.45, 2.75) is 11.7 Å². The molecule has 8 heteroatoms. The van der Waals surface area contributed by atoms with Crippen LogP contribution in [0.5, 0.6) is 5.75 Å². The fourth-order valence-electron chi connectivity index (χ4n) is 2.42. The average molecular weight is 404 g/mol. The Labute approximate surface area is 166 Å². The topological polar surface area (TPSA) is 71.0 Å². The average Bonchev–Trinajstić information content (AvgIpc) is 2.67. The van der Waals surface area contributed by atoms with Gasteiger partial charge in [-0.2, -0.15) is 0 Å². The molecule has 2 amide bonds. The zero-order valence-corrected chi connectivity index (χ0v) is 16.4. The van der Waals surface area contributed by atoms with Gasteiger partial charge in [0, 0.05) is 24.2 Å². The molecule has 2 aromatic carbocycles. The SMILES string of the molecule is COc1ccc(N=C2SC(C(=O)Nc3ccc(Cl)cc3)CC(=O)N2C)cc1. The normalized spacial score (nSPS) is 18.5. The first-order valence-electron chi connectivity index (χ1n) is 8.18. The summed E-state index contributed by atoms with van der Waals surface area (Å²) >= 11 is 7.12. The lowest BCUT2D eigenvalue weighted by Crippen LogP contribution is -2.43. The van der Waals surface area contributed by atoms with Crippen LogP contribution in [0.2, 0.25) is 5.02 Å². The summed E-state index contributed by atoms with van der Waals surface area (Å²) in [4.78, 5) is 30.9. The molecule has 0 bridgehead atoms. The molecule has 6 nitrogen and oxygen atoms in total. The number of amides is 2. The van der Waals surface area contributed by atoms with E-state index in [2.05, 4.69) is 10.3 Å². The predicted octanol–water partition coefficient (Wildman–Crippen LogP) is 3.94. The molecule has 1 N–H and O–H groups in total. The Kier molecular flexibility index (Phi) is 6.03. The summed E-state index contributed by atoms with van der Waals surface area (Å²) in [5.41, 5.74) is 1.31. The lowest BCUT2D eigenvalue weighted by Gasteiger charge is -2.28. The van der Waals surface area contributed by atoms with Gasteiger partial charge < -0.3 is 10.1 Å². The molecule has 1 fully saturated rings. The van der Waals surface area contributed by atoms with Crippen LogP contribution in [-0.2, 0) is 9.59 Å². The smallest absolute Gasteiger partial charge is 0.238 e. The first-order valence-corrected chi connectivity index (χ1v) is 9.44. The second-order valence-corrected chi connectivity index (χ2v) is 7.46. The third-order valence-corrected chi connectivity index (χ3v) is 5.46. The zero-order chi connectivity index (χ0) is 19.4. The summed E-state index contributed by atoms with van der Waals surface area (Å²) in [6, 6.07) is 14.0. The van der Waals surface area contributed by atoms with Crippen LogP contribution in [0.15, 0.2) is 53.5 Å². The van der Waals surface area contributed by atoms with Crippen molar-refractivity contribution in [2.24, 2.45) is 4.99 Å². The Hall–Kier alpha value is -2.51. The minimum Gasteiger partial charge on any atom is -0.497 e. The molecule has 1 atom stereocenters. The summed E-state index contributed by atoms with van der Waals surface area (Å²) in [6.45, 7) is 0. The van der Waals surface area contributed by atoms with Crippen molar-refractivity contribution in [1.29, 1.82) is 0 Å². The van der Waals surface area contributed by atoms with Gasteiger partial charge in [-0.25, -0.2) is 4.99 Å². The van der Waals surface area contributed by atoms with E-state index in [1.165, 1.54) is 16.7 Å². The number of methoxy groups -OCH3 is 1. The molecule has 1 aliphatic rings. The maximum Gasteiger partial charge on any atom is 0.238 e. The van der Waals surface area contributed by atoms with Crippen molar-refractivity contribution < 1.29 is 14.3 Å². The Morgan fingerprint density at radius 3 is 2.52 bits per heavy atom. The van der Waals surface area contributed by atoms with Gasteiger partial charge in [-0.1, -0.05) is 23.4 Å². The third kappa shape index (κ3) is 4.81. The first kappa shape index (κ1) is 19.3. The predicted molar refractivity (Wildman–Crippen MR) is 109 cm³/mol. The molecule has 0 aromatic heterocycles. The monoisotopic (exact) mass is 403 g/mol. The fraction of sp³-hybridized carbons (Fsp3) is 0.211. The molecule has 0 aliphatic carbocycles. The number of nitrogens with one attached hydrogen (secondary N) is 1. The molecule has 140 valence electrons. The van der Waals surface area contributed by atoms with Gasteiger partial charge >= 0.3 is 0 Å². The van der Waals surface area contributed by atoms with Crippen LogP contribution < -0.4 is 10.1 Å². The Morgan fingerprint density at radius 1 is 1.22 bits per heavy atom. The maximum absolute atomic E-state index is 12.6. The molecule has 0 spiro atoms. The van der Waals surface area contributed by atoms with Crippen molar-refractivity contribution >= 4 is 51.7 Å². The summed E-state index contributed by atoms with van der Waals surface area (Å²) < 4.78 is 5.13. The molecule has 2 aromatic rings. The maximum atomic E-state index is 12.6.